The molecule has 0 aliphatic heterocycles. The van der Waals surface area contributed by atoms with Crippen LogP contribution in [0.5, 0.6) is 0 Å². The van der Waals surface area contributed by atoms with Crippen molar-refractivity contribution in [3.63, 3.8) is 0 Å². The van der Waals surface area contributed by atoms with Crippen molar-refractivity contribution in [2.45, 2.75) is 33.8 Å². The maximum atomic E-state index is 6.24. The summed E-state index contributed by atoms with van der Waals surface area (Å²) in [4.78, 5) is 4.10. The molecule has 0 spiro atoms. The quantitative estimate of drug-likeness (QED) is 0.343. The smallest absolute Gasteiger partial charge is 0.0724 e. The second-order valence-electron chi connectivity index (χ2n) is 3.89. The van der Waals surface area contributed by atoms with E-state index in [-0.39, 0.29) is 49.3 Å². The fraction of sp³-hybridized carbons (Fsp3) is 0.700. The number of hydrogen-bond donors (Lipinski definition) is 0. The molecule has 0 aromatic carbocycles. The average molecular weight is 380 g/mol. The molecule has 89 valence electrons. The van der Waals surface area contributed by atoms with Gasteiger partial charge in [0.15, 0.2) is 0 Å². The first-order chi connectivity index (χ1) is 7.68. The number of alkyl halides is 2. The molecule has 1 fully saturated rings. The summed E-state index contributed by atoms with van der Waals surface area (Å²) >= 11 is 15.7. The van der Waals surface area contributed by atoms with E-state index in [1.807, 2.05) is 5.38 Å². The molecule has 4 unspecified atom stereocenters. The molecule has 1 nitrogen and oxygen atoms in total. The normalized spacial score (nSPS) is 32.4. The minimum Gasteiger partial charge on any atom is -0.437 e. The Morgan fingerprint density at radius 3 is 2.82 bits per heavy atom. The maximum absolute atomic E-state index is 6.24. The third-order valence-corrected chi connectivity index (χ3v) is 5.78. The summed E-state index contributed by atoms with van der Waals surface area (Å²) in [7, 11) is 6.03. The van der Waals surface area contributed by atoms with Gasteiger partial charge in [0, 0.05) is 43.5 Å². The van der Waals surface area contributed by atoms with Gasteiger partial charge >= 0.3 is 0 Å². The first-order valence-electron chi connectivity index (χ1n) is 5.16. The third kappa shape index (κ3) is 4.64. The van der Waals surface area contributed by atoms with E-state index in [1.54, 1.807) is 23.1 Å². The summed E-state index contributed by atoms with van der Waals surface area (Å²) in [5.74, 6) is 1.36. The van der Waals surface area contributed by atoms with Crippen LogP contribution in [0.2, 0.25) is 5.82 Å². The van der Waals surface area contributed by atoms with Gasteiger partial charge in [-0.1, -0.05) is 11.2 Å². The van der Waals surface area contributed by atoms with E-state index >= 15 is 0 Å². The number of aromatic nitrogens is 1. The second kappa shape index (κ2) is 8.11. The largest absolute Gasteiger partial charge is 0.437 e. The van der Waals surface area contributed by atoms with Crippen LogP contribution >= 0.6 is 46.3 Å². The second-order valence-corrected chi connectivity index (χ2v) is 7.21. The Bertz CT molecular complexity index is 328. The molecule has 1 aromatic heterocycles. The first kappa shape index (κ1) is 16.8. The minimum atomic E-state index is 0. The third-order valence-electron chi connectivity index (χ3n) is 2.87. The molecule has 1 aromatic rings. The molecule has 1 heterocycles. The Balaban J connectivity index is 0.00000144. The van der Waals surface area contributed by atoms with Crippen LogP contribution in [0.15, 0.2) is 9.72 Å². The van der Waals surface area contributed by atoms with E-state index in [0.717, 1.165) is 22.9 Å². The molecular formula is C10H11BCl2NS2Y-. The Morgan fingerprint density at radius 2 is 2.29 bits per heavy atom. The van der Waals surface area contributed by atoms with E-state index < -0.39 is 0 Å². The number of nitrogens with zero attached hydrogens (tertiary/aromatic N) is 1. The summed E-state index contributed by atoms with van der Waals surface area (Å²) in [5.41, 5.74) is 0. The number of hydrogen-bond acceptors (Lipinski definition) is 3. The van der Waals surface area contributed by atoms with Crippen molar-refractivity contribution in [1.82, 2.24) is 4.98 Å². The van der Waals surface area contributed by atoms with Gasteiger partial charge < -0.3 is 4.98 Å². The summed E-state index contributed by atoms with van der Waals surface area (Å²) < 4.78 is 1.06. The van der Waals surface area contributed by atoms with Crippen molar-refractivity contribution in [1.29, 1.82) is 0 Å². The van der Waals surface area contributed by atoms with Crippen LogP contribution in [0.3, 0.4) is 0 Å². The van der Waals surface area contributed by atoms with E-state index in [2.05, 4.69) is 11.2 Å². The van der Waals surface area contributed by atoms with E-state index in [9.17, 15) is 0 Å². The number of halogens is 2. The molecule has 1 aliphatic carbocycles. The summed E-state index contributed by atoms with van der Waals surface area (Å²) in [6.07, 6.45) is 4.64. The van der Waals surface area contributed by atoms with Crippen LogP contribution in [0.4, 0.5) is 0 Å². The average Bonchev–Trinajstić information content (AvgIpc) is 2.82. The number of thiazole rings is 1. The van der Waals surface area contributed by atoms with Crippen LogP contribution in [0, 0.1) is 12.1 Å². The van der Waals surface area contributed by atoms with Crippen LogP contribution < -0.4 is 0 Å². The van der Waals surface area contributed by atoms with Crippen molar-refractivity contribution >= 4 is 54.1 Å². The molecule has 0 bridgehead atoms. The first-order valence-corrected chi connectivity index (χ1v) is 7.90. The summed E-state index contributed by atoms with van der Waals surface area (Å²) in [6.45, 7) is 0. The predicted octanol–water partition coefficient (Wildman–Crippen LogP) is 3.61. The van der Waals surface area contributed by atoms with Crippen LogP contribution in [-0.2, 0) is 32.7 Å². The van der Waals surface area contributed by atoms with Crippen LogP contribution in [0.1, 0.15) is 12.8 Å². The number of rotatable bonds is 4. The van der Waals surface area contributed by atoms with E-state index in [0.29, 0.717) is 5.92 Å². The molecule has 4 atom stereocenters. The van der Waals surface area contributed by atoms with Crippen molar-refractivity contribution in [3.8, 4) is 0 Å². The molecular weight excluding hydrogens is 369 g/mol. The Hall–Kier alpha value is 1.73. The van der Waals surface area contributed by atoms with Crippen molar-refractivity contribution in [3.05, 3.63) is 11.6 Å². The molecule has 0 amide bonds. The molecule has 3 radical (unpaired) electrons. The molecule has 0 N–H and O–H groups in total. The van der Waals surface area contributed by atoms with Gasteiger partial charge in [-0.15, -0.1) is 29.4 Å². The molecule has 1 saturated carbocycles. The zero-order valence-electron chi connectivity index (χ0n) is 9.18. The van der Waals surface area contributed by atoms with E-state index in [1.165, 1.54) is 0 Å². The summed E-state index contributed by atoms with van der Waals surface area (Å²) in [5, 5.41) is 2.02. The van der Waals surface area contributed by atoms with Gasteiger partial charge in [0.25, 0.3) is 0 Å². The molecule has 7 heteroatoms. The van der Waals surface area contributed by atoms with Crippen LogP contribution in [-0.4, -0.2) is 29.3 Å². The van der Waals surface area contributed by atoms with Gasteiger partial charge in [0.1, 0.15) is 0 Å². The SMILES string of the molecule is [B]C1C(Cl)CC(Cl)C1CCSc1n[c-]cs1.[Y]. The molecule has 2 rings (SSSR count). The van der Waals surface area contributed by atoms with Gasteiger partial charge in [-0.3, -0.25) is 0 Å². The van der Waals surface area contributed by atoms with E-state index in [4.69, 9.17) is 31.0 Å². The monoisotopic (exact) mass is 379 g/mol. The molecule has 0 saturated heterocycles. The Kier molecular flexibility index (Phi) is 8.01. The fourth-order valence-electron chi connectivity index (χ4n) is 1.96. The van der Waals surface area contributed by atoms with Gasteiger partial charge in [-0.2, -0.15) is 11.8 Å². The predicted molar refractivity (Wildman–Crippen MR) is 73.2 cm³/mol. The topological polar surface area (TPSA) is 12.9 Å². The zero-order chi connectivity index (χ0) is 11.5. The molecule has 17 heavy (non-hydrogen) atoms. The van der Waals surface area contributed by atoms with Crippen LogP contribution in [0.25, 0.3) is 0 Å². The van der Waals surface area contributed by atoms with Crippen molar-refractivity contribution < 1.29 is 32.7 Å². The maximum Gasteiger partial charge on any atom is 0.0724 e. The van der Waals surface area contributed by atoms with Gasteiger partial charge in [0.05, 0.1) is 7.85 Å². The standard InChI is InChI=1S/C10H11BCl2NS2.Y/c11-9-6(7(12)5-8(9)13)1-3-15-10-14-2-4-16-10;/h4,6-9H,1,3,5H2;/q-1;. The zero-order valence-corrected chi connectivity index (χ0v) is 15.2. The Morgan fingerprint density at radius 1 is 1.53 bits per heavy atom. The Labute approximate surface area is 147 Å². The number of thioether (sulfide) groups is 1. The van der Waals surface area contributed by atoms with Gasteiger partial charge in [-0.05, 0) is 28.9 Å². The molecule has 1 aliphatic rings. The van der Waals surface area contributed by atoms with Gasteiger partial charge in [-0.25, -0.2) is 11.3 Å². The minimum absolute atomic E-state index is 0. The van der Waals surface area contributed by atoms with Gasteiger partial charge in [0.2, 0.25) is 0 Å². The summed E-state index contributed by atoms with van der Waals surface area (Å²) in [6, 6.07) is 0. The van der Waals surface area contributed by atoms with Crippen molar-refractivity contribution in [2.75, 3.05) is 5.75 Å². The fourth-order valence-corrected chi connectivity index (χ4v) is 4.58. The van der Waals surface area contributed by atoms with Crippen molar-refractivity contribution in [2.24, 2.45) is 5.92 Å².